The smallest absolute Gasteiger partial charge is 0.408 e. The summed E-state index contributed by atoms with van der Waals surface area (Å²) < 4.78 is 20.2. The number of halogens is 2. The number of aliphatic hydroxyl groups excluding tert-OH is 1. The number of aromatic nitrogens is 2. The highest BCUT2D eigenvalue weighted by molar-refractivity contribution is 6.40. The van der Waals surface area contributed by atoms with Crippen molar-refractivity contribution >= 4 is 41.1 Å². The van der Waals surface area contributed by atoms with Crippen molar-refractivity contribution in [1.29, 1.82) is 0 Å². The average molecular weight is 770 g/mol. The van der Waals surface area contributed by atoms with E-state index in [-0.39, 0.29) is 55.4 Å². The van der Waals surface area contributed by atoms with Crippen LogP contribution in [0.15, 0.2) is 109 Å². The monoisotopic (exact) mass is 768 g/mol. The van der Waals surface area contributed by atoms with E-state index in [0.29, 0.717) is 11.7 Å². The molecule has 7 rings (SSSR count). The van der Waals surface area contributed by atoms with E-state index in [2.05, 4.69) is 17.2 Å². The number of ether oxygens (including phenoxy) is 3. The number of nitrogens with one attached hydrogen (secondary N) is 1. The first-order chi connectivity index (χ1) is 26.2. The van der Waals surface area contributed by atoms with E-state index in [4.69, 9.17) is 37.4 Å². The Morgan fingerprint density at radius 2 is 1.61 bits per heavy atom. The van der Waals surface area contributed by atoms with E-state index in [1.54, 1.807) is 10.9 Å². The molecule has 11 nitrogen and oxygen atoms in total. The molecule has 54 heavy (non-hydrogen) atoms. The number of likely N-dealkylation sites (tertiary alicyclic amines) is 1. The van der Waals surface area contributed by atoms with Crippen molar-refractivity contribution in [3.8, 4) is 11.1 Å². The SMILES string of the molecule is C[C@H]1[C@@H](Cn2cnc(Cl)c2Cl)O[C@@H](c2ccc(-c3ccccc3CN3C(=O)CC(NC(=O)OCc4ccccc4)C3=O)cc2)O[C@H]1c1ccc(CO)cc1. The van der Waals surface area contributed by atoms with Gasteiger partial charge in [0.1, 0.15) is 17.8 Å². The number of carbonyl (C=O) groups excluding carboxylic acids is 3. The maximum absolute atomic E-state index is 13.3. The molecule has 0 radical (unpaired) electrons. The molecule has 2 aliphatic rings. The van der Waals surface area contributed by atoms with Gasteiger partial charge in [-0.3, -0.25) is 14.5 Å². The number of aliphatic hydroxyl groups is 1. The standard InChI is InChI=1S/C41H38Cl2N4O7/c1-25-34(21-46-24-44-37(42)38(46)43)53-40(54-36(25)29-13-11-26(22-48)12-14-29)30-17-15-28(16-18-30)32-10-6-5-9-31(32)20-47-35(49)19-33(39(47)50)45-41(51)52-23-27-7-3-2-4-8-27/h2-18,24-25,33-34,36,40,48H,19-23H2,1H3,(H,45,51)/t25-,33?,34+,36+,40+/m0/s1. The largest absolute Gasteiger partial charge is 0.445 e. The molecule has 0 saturated carbocycles. The molecule has 1 unspecified atom stereocenters. The molecule has 2 fully saturated rings. The van der Waals surface area contributed by atoms with Gasteiger partial charge in [0.2, 0.25) is 5.91 Å². The molecular weight excluding hydrogens is 731 g/mol. The lowest BCUT2D eigenvalue weighted by molar-refractivity contribution is -0.276. The number of hydrogen-bond acceptors (Lipinski definition) is 8. The Kier molecular flexibility index (Phi) is 11.4. The fourth-order valence-electron chi connectivity index (χ4n) is 6.79. The van der Waals surface area contributed by atoms with Crippen LogP contribution >= 0.6 is 23.2 Å². The van der Waals surface area contributed by atoms with Gasteiger partial charge in [-0.2, -0.15) is 0 Å². The van der Waals surface area contributed by atoms with Crippen LogP contribution in [0.3, 0.4) is 0 Å². The first-order valence-corrected chi connectivity index (χ1v) is 18.3. The highest BCUT2D eigenvalue weighted by atomic mass is 35.5. The summed E-state index contributed by atoms with van der Waals surface area (Å²) in [5.41, 5.74) is 5.82. The molecule has 3 amide bonds. The molecule has 2 N–H and O–H groups in total. The highest BCUT2D eigenvalue weighted by Crippen LogP contribution is 2.43. The molecule has 2 aliphatic heterocycles. The second-order valence-electron chi connectivity index (χ2n) is 13.4. The number of nitrogens with zero attached hydrogens (tertiary/aromatic N) is 3. The summed E-state index contributed by atoms with van der Waals surface area (Å²) in [6.45, 7) is 2.49. The lowest BCUT2D eigenvalue weighted by Crippen LogP contribution is -2.41. The molecule has 5 atom stereocenters. The zero-order valence-corrected chi connectivity index (χ0v) is 30.8. The van der Waals surface area contributed by atoms with Gasteiger partial charge in [0.05, 0.1) is 44.7 Å². The number of benzene rings is 4. The highest BCUT2D eigenvalue weighted by Gasteiger charge is 2.41. The van der Waals surface area contributed by atoms with Crippen LogP contribution in [0.1, 0.15) is 53.6 Å². The van der Waals surface area contributed by atoms with Crippen molar-refractivity contribution in [1.82, 2.24) is 19.8 Å². The van der Waals surface area contributed by atoms with Crippen molar-refractivity contribution in [2.24, 2.45) is 5.92 Å². The number of amides is 3. The van der Waals surface area contributed by atoms with E-state index in [1.807, 2.05) is 103 Å². The summed E-state index contributed by atoms with van der Waals surface area (Å²) in [7, 11) is 0. The third-order valence-corrected chi connectivity index (χ3v) is 10.6. The lowest BCUT2D eigenvalue weighted by Gasteiger charge is -2.41. The number of imidazole rings is 1. The number of imide groups is 1. The van der Waals surface area contributed by atoms with Crippen LogP contribution in [0, 0.1) is 5.92 Å². The van der Waals surface area contributed by atoms with Crippen LogP contribution in [-0.2, 0) is 50.1 Å². The van der Waals surface area contributed by atoms with Crippen LogP contribution in [0.2, 0.25) is 10.3 Å². The van der Waals surface area contributed by atoms with Crippen molar-refractivity contribution < 1.29 is 33.7 Å². The van der Waals surface area contributed by atoms with Crippen molar-refractivity contribution in [3.63, 3.8) is 0 Å². The van der Waals surface area contributed by atoms with E-state index >= 15 is 0 Å². The minimum Gasteiger partial charge on any atom is -0.445 e. The van der Waals surface area contributed by atoms with Crippen LogP contribution in [0.25, 0.3) is 11.1 Å². The first-order valence-electron chi connectivity index (χ1n) is 17.5. The zero-order valence-electron chi connectivity index (χ0n) is 29.3. The van der Waals surface area contributed by atoms with Crippen LogP contribution in [0.5, 0.6) is 0 Å². The topological polar surface area (TPSA) is 132 Å². The van der Waals surface area contributed by atoms with E-state index in [1.165, 1.54) is 4.90 Å². The first kappa shape index (κ1) is 37.3. The molecule has 0 aliphatic carbocycles. The van der Waals surface area contributed by atoms with Crippen molar-refractivity contribution in [2.75, 3.05) is 0 Å². The van der Waals surface area contributed by atoms with Crippen LogP contribution in [0.4, 0.5) is 4.79 Å². The van der Waals surface area contributed by atoms with E-state index in [9.17, 15) is 19.5 Å². The number of alkyl carbamates (subject to hydrolysis) is 1. The summed E-state index contributed by atoms with van der Waals surface area (Å²) >= 11 is 12.6. The average Bonchev–Trinajstić information content (AvgIpc) is 3.65. The minimum atomic E-state index is -1.01. The van der Waals surface area contributed by atoms with Gasteiger partial charge in [-0.25, -0.2) is 9.78 Å². The molecule has 1 aromatic heterocycles. The predicted molar refractivity (Wildman–Crippen MR) is 201 cm³/mol. The van der Waals surface area contributed by atoms with Crippen LogP contribution < -0.4 is 5.32 Å². The van der Waals surface area contributed by atoms with Gasteiger partial charge in [-0.05, 0) is 33.4 Å². The van der Waals surface area contributed by atoms with Gasteiger partial charge < -0.3 is 29.2 Å². The molecular formula is C41H38Cl2N4O7. The number of carbonyl (C=O) groups is 3. The van der Waals surface area contributed by atoms with Gasteiger partial charge in [-0.15, -0.1) is 0 Å². The zero-order chi connectivity index (χ0) is 37.8. The van der Waals surface area contributed by atoms with Crippen LogP contribution in [-0.4, -0.2) is 49.6 Å². The minimum absolute atomic E-state index is 0.0405. The van der Waals surface area contributed by atoms with E-state index in [0.717, 1.165) is 38.9 Å². The molecule has 2 saturated heterocycles. The summed E-state index contributed by atoms with van der Waals surface area (Å²) in [5, 5.41) is 12.7. The quantitative estimate of drug-likeness (QED) is 0.133. The lowest BCUT2D eigenvalue weighted by atomic mass is 9.90. The summed E-state index contributed by atoms with van der Waals surface area (Å²) in [5.74, 6) is -0.957. The van der Waals surface area contributed by atoms with Gasteiger partial charge in [0, 0.05) is 11.5 Å². The molecule has 4 aromatic carbocycles. The number of rotatable bonds is 11. The van der Waals surface area contributed by atoms with Crippen molar-refractivity contribution in [2.45, 2.75) is 64.2 Å². The van der Waals surface area contributed by atoms with E-state index < -0.39 is 24.3 Å². The van der Waals surface area contributed by atoms with Crippen molar-refractivity contribution in [3.05, 3.63) is 148 Å². The normalized spacial score (nSPS) is 21.3. The fourth-order valence-corrected chi connectivity index (χ4v) is 7.10. The Labute approximate surface area is 322 Å². The summed E-state index contributed by atoms with van der Waals surface area (Å²) in [6, 6.07) is 31.2. The van der Waals surface area contributed by atoms with Gasteiger partial charge in [0.15, 0.2) is 11.4 Å². The molecule has 278 valence electrons. The molecule has 0 bridgehead atoms. The van der Waals surface area contributed by atoms with Gasteiger partial charge in [-0.1, -0.05) is 133 Å². The maximum Gasteiger partial charge on any atom is 0.408 e. The summed E-state index contributed by atoms with van der Waals surface area (Å²) in [6.07, 6.45) is -0.708. The second kappa shape index (κ2) is 16.5. The Bertz CT molecular complexity index is 2110. The summed E-state index contributed by atoms with van der Waals surface area (Å²) in [4.78, 5) is 44.1. The third-order valence-electron chi connectivity index (χ3n) is 9.82. The molecule has 5 aromatic rings. The molecule has 3 heterocycles. The Hall–Kier alpha value is -5.04. The maximum atomic E-state index is 13.3. The third kappa shape index (κ3) is 8.20. The fraction of sp³-hybridized carbons (Fsp3) is 0.268. The Morgan fingerprint density at radius 3 is 2.31 bits per heavy atom. The predicted octanol–water partition coefficient (Wildman–Crippen LogP) is 7.39. The molecule has 13 heteroatoms. The Morgan fingerprint density at radius 1 is 0.907 bits per heavy atom. The number of hydrogen-bond donors (Lipinski definition) is 2. The van der Waals surface area contributed by atoms with Gasteiger partial charge in [0.25, 0.3) is 5.91 Å². The Balaban J connectivity index is 1.06. The second-order valence-corrected chi connectivity index (χ2v) is 14.1. The molecule has 0 spiro atoms. The van der Waals surface area contributed by atoms with Gasteiger partial charge >= 0.3 is 6.09 Å².